The zero-order chi connectivity index (χ0) is 20.0. The Morgan fingerprint density at radius 3 is 2.55 bits per heavy atom. The number of hydrogen-bond donors (Lipinski definition) is 1. The lowest BCUT2D eigenvalue weighted by molar-refractivity contribution is 0.202. The molecule has 6 nitrogen and oxygen atoms in total. The summed E-state index contributed by atoms with van der Waals surface area (Å²) >= 11 is 0. The molecule has 2 aromatic rings. The van der Waals surface area contributed by atoms with E-state index in [1.165, 1.54) is 12.1 Å². The van der Waals surface area contributed by atoms with Gasteiger partial charge in [-0.2, -0.15) is 0 Å². The second-order valence-electron chi connectivity index (χ2n) is 9.12. The number of pyridine rings is 2. The van der Waals surface area contributed by atoms with Gasteiger partial charge in [0.15, 0.2) is 0 Å². The first-order valence-electron chi connectivity index (χ1n) is 10.9. The average Bonchev–Trinajstić information content (AvgIpc) is 2.73. The fourth-order valence-electron chi connectivity index (χ4n) is 5.44. The molecule has 5 rings (SSSR count). The maximum Gasteiger partial charge on any atom is 0.255 e. The van der Waals surface area contributed by atoms with Crippen LogP contribution in [0.3, 0.4) is 0 Å². The van der Waals surface area contributed by atoms with E-state index in [1.54, 1.807) is 17.7 Å². The molecule has 0 unspecified atom stereocenters. The number of piperidine rings is 2. The quantitative estimate of drug-likeness (QED) is 0.754. The third kappa shape index (κ3) is 4.77. The standard InChI is InChI=1S/C23H30N4O2.2ClH/c1-25-7-4-18(11-22(25)28)17-5-8-26(9-6-17)15-19-2-3-21-20-10-16(12-24-13-20)14-27(21)23(19)29;;/h2-4,7,11,16-17,20,24H,5-6,8-10,12-15H2,1H3;2*1H/t16-,20+;;/m0../s1. The van der Waals surface area contributed by atoms with E-state index in [4.69, 9.17) is 0 Å². The highest BCUT2D eigenvalue weighted by Crippen LogP contribution is 2.32. The fraction of sp³-hybridized carbons (Fsp3) is 0.565. The molecule has 3 aliphatic rings. The summed E-state index contributed by atoms with van der Waals surface area (Å²) in [6.45, 7) is 5.55. The molecule has 8 heteroatoms. The van der Waals surface area contributed by atoms with Crippen LogP contribution in [0.5, 0.6) is 0 Å². The Labute approximate surface area is 195 Å². The summed E-state index contributed by atoms with van der Waals surface area (Å²) in [6, 6.07) is 8.11. The number of aromatic nitrogens is 2. The molecule has 170 valence electrons. The van der Waals surface area contributed by atoms with E-state index < -0.39 is 0 Å². The number of nitrogens with one attached hydrogen (secondary N) is 1. The smallest absolute Gasteiger partial charge is 0.255 e. The molecule has 2 aromatic heterocycles. The molecule has 2 atom stereocenters. The average molecular weight is 467 g/mol. The van der Waals surface area contributed by atoms with Crippen LogP contribution in [0.4, 0.5) is 0 Å². The topological polar surface area (TPSA) is 59.3 Å². The number of fused-ring (bicyclic) bond motifs is 4. The third-order valence-electron chi connectivity index (χ3n) is 7.17. The fourth-order valence-corrected chi connectivity index (χ4v) is 5.44. The highest BCUT2D eigenvalue weighted by Gasteiger charge is 2.31. The van der Waals surface area contributed by atoms with Crippen LogP contribution in [-0.2, 0) is 20.1 Å². The van der Waals surface area contributed by atoms with E-state index in [-0.39, 0.29) is 35.9 Å². The van der Waals surface area contributed by atoms with Gasteiger partial charge in [-0.3, -0.25) is 14.5 Å². The summed E-state index contributed by atoms with van der Waals surface area (Å²) in [4.78, 5) is 27.5. The first-order valence-corrected chi connectivity index (χ1v) is 10.9. The Kier molecular flexibility index (Phi) is 7.68. The van der Waals surface area contributed by atoms with E-state index >= 15 is 0 Å². The van der Waals surface area contributed by atoms with Crippen molar-refractivity contribution >= 4 is 24.8 Å². The summed E-state index contributed by atoms with van der Waals surface area (Å²) in [6.07, 6.45) is 5.15. The van der Waals surface area contributed by atoms with Crippen molar-refractivity contribution in [2.24, 2.45) is 13.0 Å². The normalized spacial score (nSPS) is 23.4. The van der Waals surface area contributed by atoms with Crippen molar-refractivity contribution in [2.75, 3.05) is 26.2 Å². The highest BCUT2D eigenvalue weighted by molar-refractivity contribution is 5.85. The third-order valence-corrected chi connectivity index (χ3v) is 7.17. The minimum atomic E-state index is 0. The van der Waals surface area contributed by atoms with Crippen molar-refractivity contribution in [3.63, 3.8) is 0 Å². The van der Waals surface area contributed by atoms with Crippen LogP contribution in [0.15, 0.2) is 40.1 Å². The van der Waals surface area contributed by atoms with E-state index in [2.05, 4.69) is 33.0 Å². The lowest BCUT2D eigenvalue weighted by atomic mass is 9.84. The molecule has 0 amide bonds. The maximum atomic E-state index is 13.2. The minimum Gasteiger partial charge on any atom is -0.319 e. The van der Waals surface area contributed by atoms with Crippen LogP contribution in [0, 0.1) is 5.92 Å². The number of rotatable bonds is 3. The second kappa shape index (κ2) is 9.90. The molecule has 0 saturated carbocycles. The van der Waals surface area contributed by atoms with Crippen molar-refractivity contribution in [2.45, 2.75) is 44.2 Å². The van der Waals surface area contributed by atoms with Crippen molar-refractivity contribution in [3.05, 3.63) is 68.0 Å². The van der Waals surface area contributed by atoms with Gasteiger partial charge in [-0.15, -0.1) is 24.8 Å². The SMILES string of the molecule is Cl.Cl.Cn1ccc(C2CCN(Cc3ccc4n(c3=O)C[C@@H]3CNC[C@H]4C3)CC2)cc1=O. The van der Waals surface area contributed by atoms with Gasteiger partial charge >= 0.3 is 0 Å². The molecule has 31 heavy (non-hydrogen) atoms. The molecule has 0 aliphatic carbocycles. The Bertz CT molecular complexity index is 1030. The summed E-state index contributed by atoms with van der Waals surface area (Å²) < 4.78 is 3.67. The van der Waals surface area contributed by atoms with Gasteiger partial charge in [0.2, 0.25) is 0 Å². The molecular weight excluding hydrogens is 435 g/mol. The van der Waals surface area contributed by atoms with Crippen molar-refractivity contribution in [1.29, 1.82) is 0 Å². The van der Waals surface area contributed by atoms with Gasteiger partial charge < -0.3 is 14.5 Å². The highest BCUT2D eigenvalue weighted by atomic mass is 35.5. The first kappa shape index (κ1) is 24.1. The van der Waals surface area contributed by atoms with Crippen LogP contribution in [-0.4, -0.2) is 40.2 Å². The van der Waals surface area contributed by atoms with Crippen molar-refractivity contribution < 1.29 is 0 Å². The van der Waals surface area contributed by atoms with Gasteiger partial charge in [0.1, 0.15) is 0 Å². The van der Waals surface area contributed by atoms with Crippen LogP contribution < -0.4 is 16.4 Å². The molecule has 2 fully saturated rings. The first-order chi connectivity index (χ1) is 14.1. The molecule has 3 aliphatic heterocycles. The van der Waals surface area contributed by atoms with Gasteiger partial charge in [0.05, 0.1) is 0 Å². The predicted octanol–water partition coefficient (Wildman–Crippen LogP) is 2.48. The van der Waals surface area contributed by atoms with Gasteiger partial charge in [-0.05, 0) is 68.4 Å². The summed E-state index contributed by atoms with van der Waals surface area (Å²) in [7, 11) is 1.79. The predicted molar refractivity (Wildman–Crippen MR) is 128 cm³/mol. The summed E-state index contributed by atoms with van der Waals surface area (Å²) in [5, 5.41) is 3.51. The summed E-state index contributed by atoms with van der Waals surface area (Å²) in [5.41, 5.74) is 3.57. The molecule has 2 bridgehead atoms. The molecule has 0 spiro atoms. The van der Waals surface area contributed by atoms with Crippen LogP contribution in [0.2, 0.25) is 0 Å². The maximum absolute atomic E-state index is 13.2. The van der Waals surface area contributed by atoms with Gasteiger partial charge in [-0.1, -0.05) is 6.07 Å². The number of nitrogens with zero attached hydrogens (tertiary/aromatic N) is 3. The molecule has 0 radical (unpaired) electrons. The number of halogens is 2. The second-order valence-corrected chi connectivity index (χ2v) is 9.12. The van der Waals surface area contributed by atoms with Crippen LogP contribution >= 0.6 is 24.8 Å². The van der Waals surface area contributed by atoms with Gasteiger partial charge in [-0.25, -0.2) is 0 Å². The zero-order valence-corrected chi connectivity index (χ0v) is 19.6. The van der Waals surface area contributed by atoms with Crippen LogP contribution in [0.1, 0.15) is 47.9 Å². The lowest BCUT2D eigenvalue weighted by Gasteiger charge is -2.38. The van der Waals surface area contributed by atoms with E-state index in [0.717, 1.165) is 63.2 Å². The molecule has 5 heterocycles. The van der Waals surface area contributed by atoms with Crippen molar-refractivity contribution in [3.8, 4) is 0 Å². The number of hydrogen-bond acceptors (Lipinski definition) is 4. The van der Waals surface area contributed by atoms with E-state index in [1.807, 2.05) is 6.20 Å². The van der Waals surface area contributed by atoms with Gasteiger partial charge in [0, 0.05) is 56.1 Å². The number of aryl methyl sites for hydroxylation is 1. The molecule has 0 aromatic carbocycles. The molecule has 2 saturated heterocycles. The molecular formula is C23H32Cl2N4O2. The van der Waals surface area contributed by atoms with Gasteiger partial charge in [0.25, 0.3) is 11.1 Å². The summed E-state index contributed by atoms with van der Waals surface area (Å²) in [5.74, 6) is 1.51. The van der Waals surface area contributed by atoms with E-state index in [0.29, 0.717) is 17.8 Å². The monoisotopic (exact) mass is 466 g/mol. The largest absolute Gasteiger partial charge is 0.319 e. The zero-order valence-electron chi connectivity index (χ0n) is 18.0. The minimum absolute atomic E-state index is 0. The number of likely N-dealkylation sites (tertiary alicyclic amines) is 1. The Morgan fingerprint density at radius 1 is 1.03 bits per heavy atom. The molecule has 1 N–H and O–H groups in total. The van der Waals surface area contributed by atoms with E-state index in [9.17, 15) is 9.59 Å². The lowest BCUT2D eigenvalue weighted by Crippen LogP contribution is -2.45. The Hall–Kier alpha value is -1.60. The Balaban J connectivity index is 0.00000136. The Morgan fingerprint density at radius 2 is 1.81 bits per heavy atom. The van der Waals surface area contributed by atoms with Crippen molar-refractivity contribution in [1.82, 2.24) is 19.4 Å². The van der Waals surface area contributed by atoms with Crippen LogP contribution in [0.25, 0.3) is 0 Å².